The number of rotatable bonds is 15. The van der Waals surface area contributed by atoms with E-state index in [1.165, 1.54) is 7.11 Å². The van der Waals surface area contributed by atoms with Gasteiger partial charge in [-0.25, -0.2) is 14.8 Å². The van der Waals surface area contributed by atoms with Gasteiger partial charge in [0.1, 0.15) is 23.7 Å². The molecule has 2 aliphatic heterocycles. The van der Waals surface area contributed by atoms with Gasteiger partial charge in [0, 0.05) is 37.4 Å². The highest BCUT2D eigenvalue weighted by Gasteiger charge is 2.42. The number of carbonyl (C=O) groups is 4. The Bertz CT molecular complexity index is 2600. The number of alkyl carbamates (subject to hydrolysis) is 1. The van der Waals surface area contributed by atoms with Crippen LogP contribution in [0.4, 0.5) is 4.79 Å². The first-order valence-corrected chi connectivity index (χ1v) is 22.3. The van der Waals surface area contributed by atoms with Crippen LogP contribution in [0.15, 0.2) is 97.3 Å². The molecule has 4 amide bonds. The third-order valence-electron chi connectivity index (χ3n) is 12.7. The largest absolute Gasteiger partial charge is 0.453 e. The van der Waals surface area contributed by atoms with Gasteiger partial charge in [0.2, 0.25) is 17.7 Å². The average Bonchev–Trinajstić information content (AvgIpc) is 3.65. The van der Waals surface area contributed by atoms with Crippen molar-refractivity contribution in [3.63, 3.8) is 0 Å². The summed E-state index contributed by atoms with van der Waals surface area (Å²) in [7, 11) is 2.96. The number of nitrogens with zero attached hydrogens (tertiary/aromatic N) is 4. The first-order valence-electron chi connectivity index (χ1n) is 22.3. The number of hydrogen-bond donors (Lipinski definition) is 4. The number of imidazole rings is 2. The van der Waals surface area contributed by atoms with E-state index in [1.807, 2.05) is 61.1 Å². The topological polar surface area (TPSA) is 175 Å². The summed E-state index contributed by atoms with van der Waals surface area (Å²) in [6.07, 6.45) is 12.5. The minimum atomic E-state index is -0.889. The second-order valence-corrected chi connectivity index (χ2v) is 17.6. The number of ether oxygens (including phenoxy) is 2. The van der Waals surface area contributed by atoms with Crippen molar-refractivity contribution in [2.45, 2.75) is 77.0 Å². The number of amides is 4. The highest BCUT2D eigenvalue weighted by molar-refractivity contribution is 6.05. The lowest BCUT2D eigenvalue weighted by Gasteiger charge is -2.29. The van der Waals surface area contributed by atoms with Crippen molar-refractivity contribution >= 4 is 45.6 Å². The molecule has 14 nitrogen and oxygen atoms in total. The number of H-pyrrole nitrogens is 2. The smallest absolute Gasteiger partial charge is 0.407 e. The molecule has 5 aromatic rings. The van der Waals surface area contributed by atoms with Crippen LogP contribution in [0, 0.1) is 17.8 Å². The number of carbonyl (C=O) groups excluding carboxylic acids is 4. The fourth-order valence-electron chi connectivity index (χ4n) is 9.10. The third kappa shape index (κ3) is 9.23. The molecule has 14 heteroatoms. The standard InChI is InChI=1S/C50H58N8O6/c1-7-8-9-11-30(4)43(55-47(59)34-17-18-34)49(61)58-27-31(28-63-5)24-41(58)45-51-26-39(53-45)33-15-13-32(14-16-33)35-19-21-37-36(25-35)20-22-38-44(37)54-46(52-38)40-12-10-23-57(40)48(60)42(29(2)3)56-50(62)64-6/h7-9,11,13-16,19-22,25-26,29,31,34,40-43H,4,10,12,17-18,23-24,27-28H2,1-3,5-6H3,(H,51,53)(H,52,54)(H,55,59)(H,56,62)/b8-7-,11-9-/t31-,40-,41-,42-,43+/m0/s1. The van der Waals surface area contributed by atoms with Gasteiger partial charge in [-0.2, -0.15) is 0 Å². The fraction of sp³-hybridized carbons (Fsp3) is 0.400. The van der Waals surface area contributed by atoms with E-state index in [4.69, 9.17) is 19.4 Å². The highest BCUT2D eigenvalue weighted by atomic mass is 16.5. The van der Waals surface area contributed by atoms with Crippen LogP contribution in [0.2, 0.25) is 0 Å². The van der Waals surface area contributed by atoms with Crippen molar-refractivity contribution in [1.82, 2.24) is 40.4 Å². The summed E-state index contributed by atoms with van der Waals surface area (Å²) < 4.78 is 10.3. The Hall–Kier alpha value is -6.54. The van der Waals surface area contributed by atoms with Crippen molar-refractivity contribution in [2.24, 2.45) is 17.8 Å². The van der Waals surface area contributed by atoms with Crippen LogP contribution in [-0.2, 0) is 23.9 Å². The molecule has 3 fully saturated rings. The van der Waals surface area contributed by atoms with Crippen LogP contribution < -0.4 is 10.6 Å². The molecule has 0 bridgehead atoms. The molecule has 1 aliphatic carbocycles. The molecule has 3 aromatic carbocycles. The Morgan fingerprint density at radius 3 is 2.38 bits per heavy atom. The molecule has 64 heavy (non-hydrogen) atoms. The van der Waals surface area contributed by atoms with Crippen LogP contribution in [0.1, 0.15) is 76.6 Å². The Morgan fingerprint density at radius 2 is 1.66 bits per heavy atom. The predicted octanol–water partition coefficient (Wildman–Crippen LogP) is 7.94. The third-order valence-corrected chi connectivity index (χ3v) is 12.7. The molecule has 2 saturated heterocycles. The van der Waals surface area contributed by atoms with Gasteiger partial charge in [0.05, 0.1) is 48.7 Å². The minimum absolute atomic E-state index is 0.0570. The minimum Gasteiger partial charge on any atom is -0.453 e. The molecule has 2 aromatic heterocycles. The van der Waals surface area contributed by atoms with Crippen LogP contribution in [0.3, 0.4) is 0 Å². The SMILES string of the molecule is C=C(/C=C\C=C/C)[C@@H](NC(=O)C1CC1)C(=O)N1C[C@@H](COC)C[C@H]1c1ncc(-c2ccc(-c3ccc4c(ccc5[nH]c([C@@H]6CCCN6C(=O)[C@@H](NC(=O)OC)C(C)C)nc54)c3)cc2)[nH]1. The second-order valence-electron chi connectivity index (χ2n) is 17.6. The van der Waals surface area contributed by atoms with E-state index in [0.29, 0.717) is 37.5 Å². The van der Waals surface area contributed by atoms with E-state index >= 15 is 0 Å². The van der Waals surface area contributed by atoms with Gasteiger partial charge in [-0.3, -0.25) is 14.4 Å². The number of hydrogen-bond acceptors (Lipinski definition) is 8. The zero-order chi connectivity index (χ0) is 45.1. The lowest BCUT2D eigenvalue weighted by atomic mass is 9.99. The average molecular weight is 867 g/mol. The maximum absolute atomic E-state index is 14.4. The maximum Gasteiger partial charge on any atom is 0.407 e. The molecule has 4 N–H and O–H groups in total. The van der Waals surface area contributed by atoms with Gasteiger partial charge in [-0.05, 0) is 84.7 Å². The van der Waals surface area contributed by atoms with Gasteiger partial charge in [0.15, 0.2) is 0 Å². The summed E-state index contributed by atoms with van der Waals surface area (Å²) in [6.45, 7) is 11.5. The van der Waals surface area contributed by atoms with Gasteiger partial charge >= 0.3 is 6.09 Å². The molecule has 0 unspecified atom stereocenters. The summed E-state index contributed by atoms with van der Waals surface area (Å²) in [5.74, 6) is 0.869. The molecule has 1 saturated carbocycles. The number of allylic oxidation sites excluding steroid dienone is 3. The zero-order valence-corrected chi connectivity index (χ0v) is 37.2. The van der Waals surface area contributed by atoms with E-state index in [9.17, 15) is 19.2 Å². The summed E-state index contributed by atoms with van der Waals surface area (Å²) in [4.78, 5) is 73.7. The number of aromatic nitrogens is 4. The molecule has 0 spiro atoms. The van der Waals surface area contributed by atoms with Gasteiger partial charge < -0.3 is 39.9 Å². The van der Waals surface area contributed by atoms with Gasteiger partial charge in [-0.15, -0.1) is 0 Å². The van der Waals surface area contributed by atoms with Crippen LogP contribution in [-0.4, -0.2) is 99.6 Å². The Balaban J connectivity index is 0.993. The molecule has 5 atom stereocenters. The van der Waals surface area contributed by atoms with Gasteiger partial charge in [0.25, 0.3) is 0 Å². The molecule has 4 heterocycles. The monoisotopic (exact) mass is 866 g/mol. The van der Waals surface area contributed by atoms with E-state index < -0.39 is 18.2 Å². The summed E-state index contributed by atoms with van der Waals surface area (Å²) in [5.41, 5.74) is 6.15. The number of aromatic amines is 2. The van der Waals surface area contributed by atoms with E-state index in [0.717, 1.165) is 75.7 Å². The van der Waals surface area contributed by atoms with Crippen LogP contribution in [0.5, 0.6) is 0 Å². The Kier molecular flexibility index (Phi) is 13.1. The fourth-order valence-corrected chi connectivity index (χ4v) is 9.10. The van der Waals surface area contributed by atoms with Crippen molar-refractivity contribution in [2.75, 3.05) is 33.9 Å². The first-order chi connectivity index (χ1) is 31.0. The van der Waals surface area contributed by atoms with Crippen molar-refractivity contribution in [3.05, 3.63) is 109 Å². The molecule has 334 valence electrons. The van der Waals surface area contributed by atoms with E-state index in [-0.39, 0.29) is 47.6 Å². The molecule has 8 rings (SSSR count). The number of nitrogens with one attached hydrogen (secondary N) is 4. The van der Waals surface area contributed by atoms with Crippen LogP contribution >= 0.6 is 0 Å². The van der Waals surface area contributed by atoms with E-state index in [1.54, 1.807) is 13.2 Å². The number of methoxy groups -OCH3 is 2. The molecule has 3 aliphatic rings. The summed E-state index contributed by atoms with van der Waals surface area (Å²) >= 11 is 0. The molecular weight excluding hydrogens is 809 g/mol. The Labute approximate surface area is 373 Å². The lowest BCUT2D eigenvalue weighted by Crippen LogP contribution is -2.51. The quantitative estimate of drug-likeness (QED) is 0.0768. The van der Waals surface area contributed by atoms with Crippen LogP contribution in [0.25, 0.3) is 44.2 Å². The van der Waals surface area contributed by atoms with Crippen molar-refractivity contribution < 1.29 is 28.7 Å². The maximum atomic E-state index is 14.4. The summed E-state index contributed by atoms with van der Waals surface area (Å²) in [6, 6.07) is 16.6. The first kappa shape index (κ1) is 44.1. The highest BCUT2D eigenvalue weighted by Crippen LogP contribution is 2.38. The predicted molar refractivity (Wildman–Crippen MR) is 247 cm³/mol. The number of benzene rings is 3. The summed E-state index contributed by atoms with van der Waals surface area (Å²) in [5, 5.41) is 7.77. The number of likely N-dealkylation sites (tertiary alicyclic amines) is 2. The van der Waals surface area contributed by atoms with Crippen molar-refractivity contribution in [1.29, 1.82) is 0 Å². The lowest BCUT2D eigenvalue weighted by molar-refractivity contribution is -0.136. The second kappa shape index (κ2) is 19.1. The normalized spacial score (nSPS) is 19.9. The van der Waals surface area contributed by atoms with Gasteiger partial charge in [-0.1, -0.05) is 87.2 Å². The molecular formula is C50H58N8O6. The molecule has 0 radical (unpaired) electrons. The Morgan fingerprint density at radius 1 is 0.891 bits per heavy atom. The van der Waals surface area contributed by atoms with Crippen molar-refractivity contribution in [3.8, 4) is 22.4 Å². The van der Waals surface area contributed by atoms with E-state index in [2.05, 4.69) is 75.7 Å². The zero-order valence-electron chi connectivity index (χ0n) is 37.2. The number of fused-ring (bicyclic) bond motifs is 3.